The molecule has 0 atom stereocenters. The van der Waals surface area contributed by atoms with E-state index in [1.54, 1.807) is 11.8 Å². The first-order valence-corrected chi connectivity index (χ1v) is 5.01. The van der Waals surface area contributed by atoms with Gasteiger partial charge in [0.25, 0.3) is 5.91 Å². The first kappa shape index (κ1) is 11.5. The van der Waals surface area contributed by atoms with E-state index in [-0.39, 0.29) is 11.5 Å². The van der Waals surface area contributed by atoms with Crippen molar-refractivity contribution in [3.05, 3.63) is 11.8 Å². The Labute approximate surface area is 89.3 Å². The molecule has 1 fully saturated rings. The molecule has 0 unspecified atom stereocenters. The van der Waals surface area contributed by atoms with Gasteiger partial charge in [-0.2, -0.15) is 5.26 Å². The van der Waals surface area contributed by atoms with Gasteiger partial charge in [-0.05, 0) is 6.92 Å². The number of ether oxygens (including phenoxy) is 1. The van der Waals surface area contributed by atoms with Crippen LogP contribution in [0.15, 0.2) is 11.8 Å². The number of piperazine rings is 1. The molecule has 1 aliphatic rings. The molecular formula is C10H15N3O2. The zero-order valence-electron chi connectivity index (χ0n) is 8.82. The highest BCUT2D eigenvalue weighted by Crippen LogP contribution is 2.03. The van der Waals surface area contributed by atoms with Gasteiger partial charge >= 0.3 is 0 Å². The van der Waals surface area contributed by atoms with Crippen LogP contribution in [0.1, 0.15) is 6.92 Å². The summed E-state index contributed by atoms with van der Waals surface area (Å²) in [5, 5.41) is 11.9. The summed E-state index contributed by atoms with van der Waals surface area (Å²) < 4.78 is 4.95. The molecule has 0 aromatic carbocycles. The number of nitrogens with zero attached hydrogens (tertiary/aromatic N) is 2. The predicted octanol–water partition coefficient (Wildman–Crippen LogP) is -0.138. The molecular weight excluding hydrogens is 194 g/mol. The SMILES string of the molecule is CCOC=C(C#N)C(=O)N1CCNCC1. The average Bonchev–Trinajstić information content (AvgIpc) is 2.31. The Bertz CT molecular complexity index is 288. The lowest BCUT2D eigenvalue weighted by Gasteiger charge is -2.26. The van der Waals surface area contributed by atoms with Crippen molar-refractivity contribution in [2.45, 2.75) is 6.92 Å². The standard InChI is InChI=1S/C10H15N3O2/c1-2-15-8-9(7-11)10(14)13-5-3-12-4-6-13/h8,12H,2-6H2,1H3. The predicted molar refractivity (Wildman–Crippen MR) is 54.8 cm³/mol. The third kappa shape index (κ3) is 3.26. The number of hydrogen-bond donors (Lipinski definition) is 1. The van der Waals surface area contributed by atoms with Crippen LogP contribution in [0.4, 0.5) is 0 Å². The maximum Gasteiger partial charge on any atom is 0.267 e. The molecule has 0 aromatic heterocycles. The van der Waals surface area contributed by atoms with E-state index < -0.39 is 0 Å². The smallest absolute Gasteiger partial charge is 0.267 e. The van der Waals surface area contributed by atoms with Gasteiger partial charge in [0, 0.05) is 26.2 Å². The lowest BCUT2D eigenvalue weighted by molar-refractivity contribution is -0.127. The van der Waals surface area contributed by atoms with Crippen molar-refractivity contribution < 1.29 is 9.53 Å². The third-order valence-electron chi connectivity index (χ3n) is 2.12. The summed E-state index contributed by atoms with van der Waals surface area (Å²) in [4.78, 5) is 13.4. The molecule has 0 bridgehead atoms. The van der Waals surface area contributed by atoms with Crippen LogP contribution >= 0.6 is 0 Å². The number of carbonyl (C=O) groups is 1. The maximum atomic E-state index is 11.8. The summed E-state index contributed by atoms with van der Waals surface area (Å²) >= 11 is 0. The van der Waals surface area contributed by atoms with Crippen molar-refractivity contribution in [2.24, 2.45) is 0 Å². The molecule has 1 rings (SSSR count). The van der Waals surface area contributed by atoms with Crippen LogP contribution in [0.3, 0.4) is 0 Å². The van der Waals surface area contributed by atoms with Gasteiger partial charge in [-0.15, -0.1) is 0 Å². The van der Waals surface area contributed by atoms with Gasteiger partial charge in [-0.3, -0.25) is 4.79 Å². The van der Waals surface area contributed by atoms with Crippen molar-refractivity contribution in [2.75, 3.05) is 32.8 Å². The van der Waals surface area contributed by atoms with E-state index in [4.69, 9.17) is 10.00 Å². The molecule has 0 spiro atoms. The second-order valence-corrected chi connectivity index (χ2v) is 3.14. The normalized spacial score (nSPS) is 17.1. The van der Waals surface area contributed by atoms with E-state index >= 15 is 0 Å². The van der Waals surface area contributed by atoms with Gasteiger partial charge in [0.05, 0.1) is 6.61 Å². The van der Waals surface area contributed by atoms with E-state index in [9.17, 15) is 4.79 Å². The number of nitrogens with one attached hydrogen (secondary N) is 1. The highest BCUT2D eigenvalue weighted by molar-refractivity contribution is 5.97. The molecule has 5 heteroatoms. The number of nitriles is 1. The summed E-state index contributed by atoms with van der Waals surface area (Å²) in [5.41, 5.74) is 0.0683. The molecule has 1 heterocycles. The van der Waals surface area contributed by atoms with E-state index in [2.05, 4.69) is 5.32 Å². The minimum Gasteiger partial charge on any atom is -0.500 e. The van der Waals surface area contributed by atoms with Crippen molar-refractivity contribution in [3.63, 3.8) is 0 Å². The quantitative estimate of drug-likeness (QED) is 0.399. The molecule has 0 aliphatic carbocycles. The molecule has 0 aromatic rings. The second kappa shape index (κ2) is 6.04. The number of amides is 1. The summed E-state index contributed by atoms with van der Waals surface area (Å²) in [5.74, 6) is -0.243. The van der Waals surface area contributed by atoms with Crippen molar-refractivity contribution >= 4 is 5.91 Å². The zero-order valence-corrected chi connectivity index (χ0v) is 8.82. The van der Waals surface area contributed by atoms with Gasteiger partial charge in [0.15, 0.2) is 5.57 Å². The van der Waals surface area contributed by atoms with E-state index in [0.29, 0.717) is 19.7 Å². The zero-order chi connectivity index (χ0) is 11.1. The Balaban J connectivity index is 2.60. The van der Waals surface area contributed by atoms with Crippen LogP contribution in [0, 0.1) is 11.3 Å². The molecule has 1 aliphatic heterocycles. The molecule has 1 N–H and O–H groups in total. The Morgan fingerprint density at radius 2 is 2.27 bits per heavy atom. The van der Waals surface area contributed by atoms with Crippen molar-refractivity contribution in [1.82, 2.24) is 10.2 Å². The molecule has 15 heavy (non-hydrogen) atoms. The summed E-state index contributed by atoms with van der Waals surface area (Å²) in [6.45, 7) is 5.10. The Morgan fingerprint density at radius 1 is 1.60 bits per heavy atom. The highest BCUT2D eigenvalue weighted by atomic mass is 16.5. The fraction of sp³-hybridized carbons (Fsp3) is 0.600. The monoisotopic (exact) mass is 209 g/mol. The molecule has 0 radical (unpaired) electrons. The topological polar surface area (TPSA) is 65.4 Å². The lowest BCUT2D eigenvalue weighted by atomic mass is 10.2. The largest absolute Gasteiger partial charge is 0.500 e. The van der Waals surface area contributed by atoms with Gasteiger partial charge in [-0.25, -0.2) is 0 Å². The van der Waals surface area contributed by atoms with Crippen molar-refractivity contribution in [1.29, 1.82) is 5.26 Å². The Hall–Kier alpha value is -1.54. The summed E-state index contributed by atoms with van der Waals surface area (Å²) in [6.07, 6.45) is 1.24. The van der Waals surface area contributed by atoms with Crippen LogP contribution in [-0.2, 0) is 9.53 Å². The van der Waals surface area contributed by atoms with E-state index in [1.165, 1.54) is 6.26 Å². The van der Waals surface area contributed by atoms with Crippen LogP contribution in [0.2, 0.25) is 0 Å². The molecule has 1 amide bonds. The molecule has 5 nitrogen and oxygen atoms in total. The maximum absolute atomic E-state index is 11.8. The van der Waals surface area contributed by atoms with Gasteiger partial charge in [0.1, 0.15) is 12.3 Å². The molecule has 1 saturated heterocycles. The van der Waals surface area contributed by atoms with Crippen LogP contribution < -0.4 is 5.32 Å². The third-order valence-corrected chi connectivity index (χ3v) is 2.12. The summed E-state index contributed by atoms with van der Waals surface area (Å²) in [7, 11) is 0. The first-order chi connectivity index (χ1) is 7.29. The highest BCUT2D eigenvalue weighted by Gasteiger charge is 2.20. The van der Waals surface area contributed by atoms with Gasteiger partial charge in [-0.1, -0.05) is 0 Å². The summed E-state index contributed by atoms with van der Waals surface area (Å²) in [6, 6.07) is 1.86. The minimum absolute atomic E-state index is 0.0683. The van der Waals surface area contributed by atoms with Crippen molar-refractivity contribution in [3.8, 4) is 6.07 Å². The lowest BCUT2D eigenvalue weighted by Crippen LogP contribution is -2.46. The fourth-order valence-electron chi connectivity index (χ4n) is 1.33. The molecule has 0 saturated carbocycles. The van der Waals surface area contributed by atoms with Crippen LogP contribution in [-0.4, -0.2) is 43.6 Å². The Morgan fingerprint density at radius 3 is 2.80 bits per heavy atom. The number of rotatable bonds is 3. The Kier molecular flexibility index (Phi) is 4.64. The second-order valence-electron chi connectivity index (χ2n) is 3.14. The number of carbonyl (C=O) groups excluding carboxylic acids is 1. The van der Waals surface area contributed by atoms with E-state index in [1.807, 2.05) is 6.07 Å². The number of hydrogen-bond acceptors (Lipinski definition) is 4. The fourth-order valence-corrected chi connectivity index (χ4v) is 1.33. The van der Waals surface area contributed by atoms with Gasteiger partial charge < -0.3 is 15.0 Å². The molecule has 82 valence electrons. The van der Waals surface area contributed by atoms with Crippen LogP contribution in [0.5, 0.6) is 0 Å². The first-order valence-electron chi connectivity index (χ1n) is 5.01. The van der Waals surface area contributed by atoms with Gasteiger partial charge in [0.2, 0.25) is 0 Å². The average molecular weight is 209 g/mol. The van der Waals surface area contributed by atoms with Crippen LogP contribution in [0.25, 0.3) is 0 Å². The minimum atomic E-state index is -0.243. The van der Waals surface area contributed by atoms with E-state index in [0.717, 1.165) is 13.1 Å².